The maximum Gasteiger partial charge on any atom is 0.209 e. The van der Waals surface area contributed by atoms with Crippen LogP contribution in [-0.4, -0.2) is 19.7 Å². The highest BCUT2D eigenvalue weighted by atomic mass is 35.5. The molecule has 0 bridgehead atoms. The van der Waals surface area contributed by atoms with Gasteiger partial charge in [-0.2, -0.15) is 0 Å². The van der Waals surface area contributed by atoms with E-state index in [1.165, 1.54) is 0 Å². The number of nitrogens with two attached hydrogens (primary N) is 1. The Labute approximate surface area is 190 Å². The van der Waals surface area contributed by atoms with Crippen LogP contribution in [-0.2, 0) is 7.05 Å². The summed E-state index contributed by atoms with van der Waals surface area (Å²) in [6.45, 7) is 0. The van der Waals surface area contributed by atoms with Gasteiger partial charge in [-0.05, 0) is 36.4 Å². The van der Waals surface area contributed by atoms with Crippen LogP contribution >= 0.6 is 23.2 Å². The standard InChI is InChI=1S/C23H14Cl2F2N4O/c1-30-10-29-22-18(30)9-13(24)19(20(22)25)12-3-2-6-31-16(12)4-5-17(31)23(32)11-7-14(26)21(28)15(27)8-11/h2-10H,28H2,1H3. The van der Waals surface area contributed by atoms with Gasteiger partial charge in [-0.15, -0.1) is 0 Å². The predicted octanol–water partition coefficient (Wildman–Crippen LogP) is 5.89. The van der Waals surface area contributed by atoms with Gasteiger partial charge in [0.1, 0.15) is 22.8 Å². The number of pyridine rings is 1. The lowest BCUT2D eigenvalue weighted by atomic mass is 10.0. The van der Waals surface area contributed by atoms with Crippen molar-refractivity contribution in [3.8, 4) is 11.1 Å². The third-order valence-electron chi connectivity index (χ3n) is 5.45. The van der Waals surface area contributed by atoms with Crippen molar-refractivity contribution in [1.29, 1.82) is 0 Å². The average Bonchev–Trinajstić information content (AvgIpc) is 3.36. The second-order valence-electron chi connectivity index (χ2n) is 7.35. The number of fused-ring (bicyclic) bond motifs is 2. The monoisotopic (exact) mass is 470 g/mol. The maximum atomic E-state index is 13.9. The van der Waals surface area contributed by atoms with Crippen molar-refractivity contribution in [2.24, 2.45) is 7.05 Å². The first-order chi connectivity index (χ1) is 15.3. The number of carbonyl (C=O) groups is 1. The summed E-state index contributed by atoms with van der Waals surface area (Å²) in [6, 6.07) is 10.5. The van der Waals surface area contributed by atoms with Crippen molar-refractivity contribution in [2.75, 3.05) is 5.73 Å². The van der Waals surface area contributed by atoms with Gasteiger partial charge in [0.2, 0.25) is 5.78 Å². The van der Waals surface area contributed by atoms with Crippen LogP contribution in [0.15, 0.2) is 55.0 Å². The second-order valence-corrected chi connectivity index (χ2v) is 8.13. The molecule has 160 valence electrons. The van der Waals surface area contributed by atoms with Gasteiger partial charge in [-0.25, -0.2) is 13.8 Å². The molecule has 32 heavy (non-hydrogen) atoms. The lowest BCUT2D eigenvalue weighted by Crippen LogP contribution is -2.08. The first kappa shape index (κ1) is 20.5. The van der Waals surface area contributed by atoms with Crippen LogP contribution in [0.5, 0.6) is 0 Å². The summed E-state index contributed by atoms with van der Waals surface area (Å²) in [5.74, 6) is -2.54. The average molecular weight is 471 g/mol. The molecular weight excluding hydrogens is 457 g/mol. The number of nitrogens with zero attached hydrogens (tertiary/aromatic N) is 3. The molecule has 5 rings (SSSR count). The first-order valence-electron chi connectivity index (χ1n) is 9.46. The van der Waals surface area contributed by atoms with Crippen LogP contribution in [0.4, 0.5) is 14.5 Å². The van der Waals surface area contributed by atoms with Gasteiger partial charge < -0.3 is 14.7 Å². The van der Waals surface area contributed by atoms with Crippen molar-refractivity contribution in [1.82, 2.24) is 14.0 Å². The van der Waals surface area contributed by atoms with E-state index in [9.17, 15) is 13.6 Å². The van der Waals surface area contributed by atoms with Gasteiger partial charge in [0, 0.05) is 29.9 Å². The number of halogens is 4. The van der Waals surface area contributed by atoms with Gasteiger partial charge in [0.25, 0.3) is 0 Å². The van der Waals surface area contributed by atoms with Crippen molar-refractivity contribution in [2.45, 2.75) is 0 Å². The Balaban J connectivity index is 1.70. The Bertz CT molecular complexity index is 1550. The molecule has 0 aliphatic heterocycles. The number of hydrogen-bond acceptors (Lipinski definition) is 3. The summed E-state index contributed by atoms with van der Waals surface area (Å²) in [5, 5.41) is 0.814. The van der Waals surface area contributed by atoms with Gasteiger partial charge in [-0.3, -0.25) is 4.79 Å². The summed E-state index contributed by atoms with van der Waals surface area (Å²) in [6.07, 6.45) is 3.33. The van der Waals surface area contributed by atoms with Crippen molar-refractivity contribution in [3.63, 3.8) is 0 Å². The zero-order valence-electron chi connectivity index (χ0n) is 16.5. The lowest BCUT2D eigenvalue weighted by molar-refractivity contribution is 0.103. The van der Waals surface area contributed by atoms with E-state index in [1.807, 2.05) is 17.7 Å². The highest BCUT2D eigenvalue weighted by Gasteiger charge is 2.21. The summed E-state index contributed by atoms with van der Waals surface area (Å²) in [7, 11) is 1.84. The number of aryl methyl sites for hydroxylation is 1. The molecule has 0 spiro atoms. The fourth-order valence-corrected chi connectivity index (χ4v) is 4.54. The van der Waals surface area contributed by atoms with E-state index < -0.39 is 23.1 Å². The first-order valence-corrected chi connectivity index (χ1v) is 10.2. The molecule has 0 atom stereocenters. The summed E-state index contributed by atoms with van der Waals surface area (Å²) < 4.78 is 31.2. The molecule has 3 heterocycles. The third kappa shape index (κ3) is 2.97. The number of anilines is 1. The fraction of sp³-hybridized carbons (Fsp3) is 0.0435. The number of ketones is 1. The van der Waals surface area contributed by atoms with Crippen LogP contribution in [0.2, 0.25) is 10.0 Å². The molecule has 2 N–H and O–H groups in total. The number of carbonyl (C=O) groups excluding carboxylic acids is 1. The van der Waals surface area contributed by atoms with Gasteiger partial charge in [0.05, 0.1) is 33.1 Å². The van der Waals surface area contributed by atoms with E-state index in [0.717, 1.165) is 17.6 Å². The molecule has 2 aromatic carbocycles. The Kier molecular flexibility index (Phi) is 4.69. The molecule has 0 radical (unpaired) electrons. The minimum atomic E-state index is -0.989. The SMILES string of the molecule is Cn1cnc2c(Cl)c(-c3cccn4c(C(=O)c5cc(F)c(N)c(F)c5)ccc34)c(Cl)cc21. The van der Waals surface area contributed by atoms with Crippen molar-refractivity contribution < 1.29 is 13.6 Å². The maximum absolute atomic E-state index is 13.9. The number of hydrogen-bond donors (Lipinski definition) is 1. The molecule has 0 aliphatic carbocycles. The van der Waals surface area contributed by atoms with Crippen LogP contribution < -0.4 is 5.73 Å². The van der Waals surface area contributed by atoms with E-state index in [-0.39, 0.29) is 11.3 Å². The Morgan fingerprint density at radius 1 is 1.06 bits per heavy atom. The van der Waals surface area contributed by atoms with Crippen molar-refractivity contribution in [3.05, 3.63) is 87.9 Å². The quantitative estimate of drug-likeness (QED) is 0.264. The molecule has 5 nitrogen and oxygen atoms in total. The predicted molar refractivity (Wildman–Crippen MR) is 121 cm³/mol. The number of nitrogen functional groups attached to an aromatic ring is 1. The summed E-state index contributed by atoms with van der Waals surface area (Å²) in [5.41, 5.74) is 8.05. The zero-order chi connectivity index (χ0) is 22.7. The third-order valence-corrected chi connectivity index (χ3v) is 6.11. The van der Waals surface area contributed by atoms with E-state index in [4.69, 9.17) is 28.9 Å². The lowest BCUT2D eigenvalue weighted by Gasteiger charge is -2.12. The number of benzene rings is 2. The summed E-state index contributed by atoms with van der Waals surface area (Å²) in [4.78, 5) is 17.4. The highest BCUT2D eigenvalue weighted by Crippen LogP contribution is 2.41. The molecule has 0 saturated carbocycles. The molecule has 9 heteroatoms. The molecule has 5 aromatic rings. The van der Waals surface area contributed by atoms with E-state index in [0.29, 0.717) is 32.2 Å². The molecule has 0 aliphatic rings. The molecule has 0 saturated heterocycles. The number of imidazole rings is 1. The minimum Gasteiger partial charge on any atom is -0.394 e. The Morgan fingerprint density at radius 3 is 2.50 bits per heavy atom. The largest absolute Gasteiger partial charge is 0.394 e. The summed E-state index contributed by atoms with van der Waals surface area (Å²) >= 11 is 13.3. The molecule has 0 amide bonds. The molecular formula is C23H14Cl2F2N4O. The molecule has 0 fully saturated rings. The van der Waals surface area contributed by atoms with E-state index >= 15 is 0 Å². The van der Waals surface area contributed by atoms with Crippen molar-refractivity contribution >= 4 is 51.2 Å². The topological polar surface area (TPSA) is 65.3 Å². The van der Waals surface area contributed by atoms with E-state index in [1.54, 1.807) is 41.2 Å². The van der Waals surface area contributed by atoms with Gasteiger partial charge in [0.15, 0.2) is 0 Å². The van der Waals surface area contributed by atoms with Crippen LogP contribution in [0.1, 0.15) is 16.1 Å². The molecule has 0 unspecified atom stereocenters. The van der Waals surface area contributed by atoms with Gasteiger partial charge in [-0.1, -0.05) is 29.3 Å². The van der Waals surface area contributed by atoms with Gasteiger partial charge >= 0.3 is 0 Å². The normalized spacial score (nSPS) is 11.5. The van der Waals surface area contributed by atoms with Crippen LogP contribution in [0, 0.1) is 11.6 Å². The van der Waals surface area contributed by atoms with E-state index in [2.05, 4.69) is 4.98 Å². The number of rotatable bonds is 3. The smallest absolute Gasteiger partial charge is 0.209 e. The molecule has 3 aromatic heterocycles. The Morgan fingerprint density at radius 2 is 1.78 bits per heavy atom. The second kappa shape index (κ2) is 7.32. The van der Waals surface area contributed by atoms with Crippen LogP contribution in [0.3, 0.4) is 0 Å². The zero-order valence-corrected chi connectivity index (χ0v) is 18.0. The Hall–Kier alpha value is -3.42. The minimum absolute atomic E-state index is 0.148. The van der Waals surface area contributed by atoms with Crippen LogP contribution in [0.25, 0.3) is 27.7 Å². The highest BCUT2D eigenvalue weighted by molar-refractivity contribution is 6.43. The fourth-order valence-electron chi connectivity index (χ4n) is 3.84. The number of aromatic nitrogens is 3.